The molecule has 4 heteroatoms. The predicted molar refractivity (Wildman–Crippen MR) is 47.7 cm³/mol. The summed E-state index contributed by atoms with van der Waals surface area (Å²) in [5.41, 5.74) is 0.449. The second kappa shape index (κ2) is 3.48. The van der Waals surface area contributed by atoms with Crippen molar-refractivity contribution < 1.29 is 0 Å². The molecule has 1 rings (SSSR count). The third-order valence-electron chi connectivity index (χ3n) is 1.41. The Bertz CT molecular complexity index is 332. The molecule has 4 nitrogen and oxygen atoms in total. The van der Waals surface area contributed by atoms with Crippen LogP contribution in [-0.4, -0.2) is 15.2 Å². The van der Waals surface area contributed by atoms with Crippen LogP contribution in [0.3, 0.4) is 0 Å². The standard InChI is InChI=1S/C9H12N4/c1-9(2,3)4-8-12-7(5-10)6-11-13-8/h6H,4H2,1-3H3. The van der Waals surface area contributed by atoms with E-state index in [1.54, 1.807) is 0 Å². The Balaban J connectivity index is 2.86. The van der Waals surface area contributed by atoms with Crippen molar-refractivity contribution in [3.05, 3.63) is 17.7 Å². The van der Waals surface area contributed by atoms with Crippen LogP contribution in [0.4, 0.5) is 0 Å². The average molecular weight is 176 g/mol. The fraction of sp³-hybridized carbons (Fsp3) is 0.556. The fourth-order valence-electron chi connectivity index (χ4n) is 0.944. The molecule has 0 amide bonds. The highest BCUT2D eigenvalue weighted by Crippen LogP contribution is 2.17. The highest BCUT2D eigenvalue weighted by Gasteiger charge is 2.13. The minimum absolute atomic E-state index is 0.121. The molecule has 0 bridgehead atoms. The van der Waals surface area contributed by atoms with Gasteiger partial charge < -0.3 is 0 Å². The number of hydrogen-bond donors (Lipinski definition) is 0. The van der Waals surface area contributed by atoms with Gasteiger partial charge in [-0.1, -0.05) is 20.8 Å². The number of aromatic nitrogens is 3. The van der Waals surface area contributed by atoms with Crippen molar-refractivity contribution in [1.82, 2.24) is 15.2 Å². The van der Waals surface area contributed by atoms with E-state index >= 15 is 0 Å². The van der Waals surface area contributed by atoms with Crippen molar-refractivity contribution in [3.8, 4) is 6.07 Å². The molecule has 0 aliphatic rings. The third-order valence-corrected chi connectivity index (χ3v) is 1.41. The molecule has 0 saturated heterocycles. The van der Waals surface area contributed by atoms with Crippen molar-refractivity contribution in [1.29, 1.82) is 5.26 Å². The van der Waals surface area contributed by atoms with Gasteiger partial charge in [0.1, 0.15) is 6.07 Å². The van der Waals surface area contributed by atoms with Gasteiger partial charge in [0, 0.05) is 6.42 Å². The number of rotatable bonds is 1. The molecule has 0 spiro atoms. The topological polar surface area (TPSA) is 62.5 Å². The van der Waals surface area contributed by atoms with E-state index in [1.807, 2.05) is 6.07 Å². The van der Waals surface area contributed by atoms with Crippen molar-refractivity contribution in [2.24, 2.45) is 5.41 Å². The summed E-state index contributed by atoms with van der Waals surface area (Å²) in [5, 5.41) is 16.1. The largest absolute Gasteiger partial charge is 0.219 e. The zero-order valence-corrected chi connectivity index (χ0v) is 8.07. The molecule has 1 aromatic heterocycles. The summed E-state index contributed by atoms with van der Waals surface area (Å²) in [5.74, 6) is 0.631. The number of hydrogen-bond acceptors (Lipinski definition) is 4. The molecule has 0 N–H and O–H groups in total. The van der Waals surface area contributed by atoms with Crippen LogP contribution in [0.2, 0.25) is 0 Å². The maximum absolute atomic E-state index is 8.58. The zero-order valence-electron chi connectivity index (χ0n) is 8.07. The molecular formula is C9H12N4. The van der Waals surface area contributed by atoms with Crippen LogP contribution in [0.5, 0.6) is 0 Å². The van der Waals surface area contributed by atoms with E-state index in [4.69, 9.17) is 5.26 Å². The summed E-state index contributed by atoms with van der Waals surface area (Å²) < 4.78 is 0. The van der Waals surface area contributed by atoms with E-state index in [-0.39, 0.29) is 5.41 Å². The first-order valence-electron chi connectivity index (χ1n) is 4.10. The smallest absolute Gasteiger partial charge is 0.162 e. The predicted octanol–water partition coefficient (Wildman–Crippen LogP) is 1.33. The normalized spacial score (nSPS) is 10.9. The van der Waals surface area contributed by atoms with Crippen LogP contribution in [0.25, 0.3) is 0 Å². The fourth-order valence-corrected chi connectivity index (χ4v) is 0.944. The summed E-state index contributed by atoms with van der Waals surface area (Å²) in [7, 11) is 0. The van der Waals surface area contributed by atoms with Crippen LogP contribution in [0.15, 0.2) is 6.20 Å². The first kappa shape index (κ1) is 9.59. The molecule has 0 radical (unpaired) electrons. The molecule has 0 aliphatic carbocycles. The van der Waals surface area contributed by atoms with Gasteiger partial charge in [0.05, 0.1) is 6.20 Å². The van der Waals surface area contributed by atoms with Gasteiger partial charge in [-0.15, -0.1) is 5.10 Å². The molecule has 0 unspecified atom stereocenters. The summed E-state index contributed by atoms with van der Waals surface area (Å²) in [4.78, 5) is 4.04. The van der Waals surface area contributed by atoms with Gasteiger partial charge in [-0.25, -0.2) is 4.98 Å². The van der Waals surface area contributed by atoms with Crippen molar-refractivity contribution in [3.63, 3.8) is 0 Å². The molecule has 68 valence electrons. The second-order valence-electron chi connectivity index (χ2n) is 4.11. The van der Waals surface area contributed by atoms with E-state index in [2.05, 4.69) is 36.0 Å². The lowest BCUT2D eigenvalue weighted by molar-refractivity contribution is 0.398. The highest BCUT2D eigenvalue weighted by molar-refractivity contribution is 5.14. The van der Waals surface area contributed by atoms with E-state index in [0.29, 0.717) is 11.5 Å². The molecule has 0 fully saturated rings. The van der Waals surface area contributed by atoms with Crippen LogP contribution >= 0.6 is 0 Å². The van der Waals surface area contributed by atoms with Gasteiger partial charge in [-0.3, -0.25) is 0 Å². The van der Waals surface area contributed by atoms with Gasteiger partial charge in [-0.2, -0.15) is 10.4 Å². The minimum Gasteiger partial charge on any atom is -0.219 e. The van der Waals surface area contributed by atoms with E-state index in [0.717, 1.165) is 6.42 Å². The quantitative estimate of drug-likeness (QED) is 0.647. The van der Waals surface area contributed by atoms with Gasteiger partial charge in [0.2, 0.25) is 0 Å². The molecule has 1 heterocycles. The highest BCUT2D eigenvalue weighted by atomic mass is 15.1. The minimum atomic E-state index is 0.121. The van der Waals surface area contributed by atoms with Gasteiger partial charge in [-0.05, 0) is 5.41 Å². The summed E-state index contributed by atoms with van der Waals surface area (Å²) in [6, 6.07) is 1.94. The lowest BCUT2D eigenvalue weighted by Crippen LogP contribution is -2.13. The summed E-state index contributed by atoms with van der Waals surface area (Å²) >= 11 is 0. The first-order chi connectivity index (χ1) is 6.01. The SMILES string of the molecule is CC(C)(C)Cc1nncc(C#N)n1. The van der Waals surface area contributed by atoms with E-state index in [9.17, 15) is 0 Å². The Morgan fingerprint density at radius 3 is 2.69 bits per heavy atom. The molecule has 0 saturated carbocycles. The van der Waals surface area contributed by atoms with Gasteiger partial charge >= 0.3 is 0 Å². The molecule has 0 aromatic carbocycles. The maximum Gasteiger partial charge on any atom is 0.162 e. The Morgan fingerprint density at radius 2 is 2.15 bits per heavy atom. The molecule has 13 heavy (non-hydrogen) atoms. The summed E-state index contributed by atoms with van der Waals surface area (Å²) in [6.45, 7) is 6.28. The van der Waals surface area contributed by atoms with E-state index in [1.165, 1.54) is 6.20 Å². The summed E-state index contributed by atoms with van der Waals surface area (Å²) in [6.07, 6.45) is 2.10. The lowest BCUT2D eigenvalue weighted by atomic mass is 9.92. The molecular weight excluding hydrogens is 164 g/mol. The molecule has 1 aromatic rings. The first-order valence-corrected chi connectivity index (χ1v) is 4.10. The van der Waals surface area contributed by atoms with Crippen LogP contribution in [0.1, 0.15) is 32.3 Å². The van der Waals surface area contributed by atoms with Crippen molar-refractivity contribution in [2.45, 2.75) is 27.2 Å². The Morgan fingerprint density at radius 1 is 1.46 bits per heavy atom. The zero-order chi connectivity index (χ0) is 9.90. The molecule has 0 atom stereocenters. The third kappa shape index (κ3) is 3.16. The van der Waals surface area contributed by atoms with Gasteiger partial charge in [0.15, 0.2) is 11.5 Å². The second-order valence-corrected chi connectivity index (χ2v) is 4.11. The Labute approximate surface area is 77.6 Å². The number of nitriles is 1. The maximum atomic E-state index is 8.58. The van der Waals surface area contributed by atoms with Crippen LogP contribution in [0, 0.1) is 16.7 Å². The van der Waals surface area contributed by atoms with Crippen LogP contribution in [-0.2, 0) is 6.42 Å². The Kier molecular flexibility index (Phi) is 2.57. The number of nitrogens with zero attached hydrogens (tertiary/aromatic N) is 4. The Hall–Kier alpha value is -1.50. The van der Waals surface area contributed by atoms with E-state index < -0.39 is 0 Å². The van der Waals surface area contributed by atoms with Crippen LogP contribution < -0.4 is 0 Å². The lowest BCUT2D eigenvalue weighted by Gasteiger charge is -2.15. The monoisotopic (exact) mass is 176 g/mol. The average Bonchev–Trinajstić information content (AvgIpc) is 2.01. The van der Waals surface area contributed by atoms with Crippen molar-refractivity contribution in [2.75, 3.05) is 0 Å². The van der Waals surface area contributed by atoms with Gasteiger partial charge in [0.25, 0.3) is 0 Å². The van der Waals surface area contributed by atoms with Crippen molar-refractivity contribution >= 4 is 0 Å². The molecule has 0 aliphatic heterocycles.